The molecule has 1 atom stereocenters. The van der Waals surface area contributed by atoms with E-state index in [0.717, 1.165) is 15.6 Å². The lowest BCUT2D eigenvalue weighted by Gasteiger charge is -2.30. The molecule has 11 heteroatoms. The number of rotatable bonds is 10. The largest absolute Gasteiger partial charge is 0.497 e. The Morgan fingerprint density at radius 2 is 1.78 bits per heavy atom. The number of hydrogen-bond donors (Lipinski definition) is 0. The van der Waals surface area contributed by atoms with E-state index in [1.807, 2.05) is 56.3 Å². The van der Waals surface area contributed by atoms with Crippen LogP contribution in [0, 0.1) is 11.3 Å². The Hall–Kier alpha value is -4.66. The molecule has 0 radical (unpaired) electrons. The summed E-state index contributed by atoms with van der Waals surface area (Å²) in [5.74, 6) is 1.56. The topological polar surface area (TPSA) is 106 Å². The zero-order chi connectivity index (χ0) is 33.0. The fraction of sp³-hybridized carbons (Fsp3) is 0.257. The molecule has 236 valence electrons. The molecule has 0 N–H and O–H groups in total. The number of halogens is 1. The van der Waals surface area contributed by atoms with E-state index in [2.05, 4.69) is 22.0 Å². The number of nitriles is 1. The summed E-state index contributed by atoms with van der Waals surface area (Å²) in [6.45, 7) is 7.02. The normalized spacial score (nSPS) is 14.3. The number of nitrogens with zero attached hydrogens (tertiary/aromatic N) is 4. The molecule has 0 aliphatic carbocycles. The number of benzene rings is 3. The van der Waals surface area contributed by atoms with Crippen molar-refractivity contribution in [3.63, 3.8) is 0 Å². The lowest BCUT2D eigenvalue weighted by atomic mass is 9.93. The molecular formula is C35H33BrN4O5S. The second-order valence-corrected chi connectivity index (χ2v) is 12.3. The van der Waals surface area contributed by atoms with Gasteiger partial charge in [-0.3, -0.25) is 14.2 Å². The molecule has 0 unspecified atom stereocenters. The lowest BCUT2D eigenvalue weighted by Crippen LogP contribution is -2.43. The van der Waals surface area contributed by atoms with Crippen LogP contribution in [0.1, 0.15) is 49.1 Å². The van der Waals surface area contributed by atoms with Gasteiger partial charge in [0.05, 0.1) is 46.1 Å². The van der Waals surface area contributed by atoms with Crippen LogP contribution in [0.15, 0.2) is 86.2 Å². The quantitative estimate of drug-likeness (QED) is 0.221. The van der Waals surface area contributed by atoms with Crippen molar-refractivity contribution in [2.75, 3.05) is 27.3 Å². The highest BCUT2D eigenvalue weighted by Crippen LogP contribution is 2.38. The van der Waals surface area contributed by atoms with E-state index in [4.69, 9.17) is 24.5 Å². The van der Waals surface area contributed by atoms with E-state index in [1.165, 1.54) is 11.3 Å². The molecule has 1 aromatic heterocycles. The van der Waals surface area contributed by atoms with E-state index in [0.29, 0.717) is 68.7 Å². The molecule has 0 saturated carbocycles. The summed E-state index contributed by atoms with van der Waals surface area (Å²) in [7, 11) is 3.13. The van der Waals surface area contributed by atoms with Gasteiger partial charge < -0.3 is 19.1 Å². The van der Waals surface area contributed by atoms with Crippen LogP contribution in [-0.4, -0.2) is 42.7 Å². The van der Waals surface area contributed by atoms with Crippen LogP contribution < -0.4 is 29.1 Å². The smallest absolute Gasteiger partial charge is 0.271 e. The maximum Gasteiger partial charge on any atom is 0.271 e. The van der Waals surface area contributed by atoms with E-state index in [9.17, 15) is 9.59 Å². The third-order valence-electron chi connectivity index (χ3n) is 7.77. The van der Waals surface area contributed by atoms with Crippen LogP contribution in [-0.2, 0) is 11.4 Å². The van der Waals surface area contributed by atoms with Gasteiger partial charge in [-0.2, -0.15) is 5.26 Å². The van der Waals surface area contributed by atoms with Gasteiger partial charge in [0.2, 0.25) is 0 Å². The average Bonchev–Trinajstić information content (AvgIpc) is 3.37. The van der Waals surface area contributed by atoms with Gasteiger partial charge in [0.15, 0.2) is 4.80 Å². The van der Waals surface area contributed by atoms with E-state index in [-0.39, 0.29) is 11.5 Å². The van der Waals surface area contributed by atoms with E-state index in [1.54, 1.807) is 54.9 Å². The van der Waals surface area contributed by atoms with Gasteiger partial charge in [-0.05, 0) is 96.4 Å². The summed E-state index contributed by atoms with van der Waals surface area (Å²) in [5, 5.41) is 9.02. The average molecular weight is 702 g/mol. The first-order valence-electron chi connectivity index (χ1n) is 14.7. The predicted molar refractivity (Wildman–Crippen MR) is 181 cm³/mol. The minimum atomic E-state index is -0.777. The Balaban J connectivity index is 1.57. The summed E-state index contributed by atoms with van der Waals surface area (Å²) >= 11 is 4.86. The fourth-order valence-corrected chi connectivity index (χ4v) is 6.89. The van der Waals surface area contributed by atoms with Gasteiger partial charge in [0, 0.05) is 18.7 Å². The number of hydrogen-bond acceptors (Lipinski definition) is 8. The molecule has 5 rings (SSSR count). The molecule has 9 nitrogen and oxygen atoms in total. The molecule has 46 heavy (non-hydrogen) atoms. The van der Waals surface area contributed by atoms with E-state index >= 15 is 0 Å². The van der Waals surface area contributed by atoms with Crippen LogP contribution in [0.4, 0.5) is 0 Å². The summed E-state index contributed by atoms with van der Waals surface area (Å²) in [5.41, 5.74) is 3.64. The van der Waals surface area contributed by atoms with Crippen molar-refractivity contribution < 1.29 is 19.0 Å². The summed E-state index contributed by atoms with van der Waals surface area (Å²) < 4.78 is 20.0. The van der Waals surface area contributed by atoms with Crippen LogP contribution in [0.2, 0.25) is 0 Å². The van der Waals surface area contributed by atoms with Crippen LogP contribution >= 0.6 is 27.3 Å². The molecule has 0 spiro atoms. The minimum absolute atomic E-state index is 0.184. The van der Waals surface area contributed by atoms with E-state index < -0.39 is 6.04 Å². The summed E-state index contributed by atoms with van der Waals surface area (Å²) in [6, 6.07) is 19.5. The zero-order valence-electron chi connectivity index (χ0n) is 26.2. The second kappa shape index (κ2) is 14.2. The number of carbonyl (C=O) groups excluding carboxylic acids is 1. The number of amides is 1. The van der Waals surface area contributed by atoms with Gasteiger partial charge in [-0.15, -0.1) is 0 Å². The molecule has 1 aliphatic heterocycles. The van der Waals surface area contributed by atoms with Gasteiger partial charge in [0.25, 0.3) is 11.5 Å². The van der Waals surface area contributed by atoms with Crippen molar-refractivity contribution in [2.24, 2.45) is 4.99 Å². The number of ether oxygens (including phenoxy) is 3. The molecule has 0 saturated heterocycles. The maximum absolute atomic E-state index is 14.2. The third-order valence-corrected chi connectivity index (χ3v) is 9.37. The molecule has 4 aromatic rings. The highest BCUT2D eigenvalue weighted by atomic mass is 79.9. The standard InChI is InChI=1S/C35H33BrN4O5S/c1-6-39(7-2)34(42)31-21(3)38-35-40(32(31)26-18-25(43-4)13-15-28(26)44-5)33(41)30(46-35)17-24-12-14-29(27(36)16-24)45-20-23-10-8-22(19-37)9-11-23/h8-18,32H,6-7,20H2,1-5H3/b30-17+/t32-/m0/s1. The Labute approximate surface area is 279 Å². The maximum atomic E-state index is 14.2. The Morgan fingerprint density at radius 1 is 1.07 bits per heavy atom. The molecule has 0 bridgehead atoms. The van der Waals surface area contributed by atoms with Crippen molar-refractivity contribution in [2.45, 2.75) is 33.4 Å². The SMILES string of the molecule is CCN(CC)C(=O)C1=C(C)N=c2s/c(=C/c3ccc(OCc4ccc(C#N)cc4)c(Br)c3)c(=O)n2[C@H]1c1cc(OC)ccc1OC. The van der Waals surface area contributed by atoms with Crippen LogP contribution in [0.25, 0.3) is 6.08 Å². The van der Waals surface area contributed by atoms with Gasteiger partial charge >= 0.3 is 0 Å². The number of methoxy groups -OCH3 is 2. The first kappa shape index (κ1) is 32.7. The highest BCUT2D eigenvalue weighted by molar-refractivity contribution is 9.10. The Bertz CT molecular complexity index is 2040. The van der Waals surface area contributed by atoms with Gasteiger partial charge in [0.1, 0.15) is 29.9 Å². The molecule has 1 amide bonds. The summed E-state index contributed by atoms with van der Waals surface area (Å²) in [4.78, 5) is 35.1. The summed E-state index contributed by atoms with van der Waals surface area (Å²) in [6.07, 6.45) is 1.81. The van der Waals surface area contributed by atoms with Crippen molar-refractivity contribution >= 4 is 39.2 Å². The fourth-order valence-electron chi connectivity index (χ4n) is 5.34. The number of carbonyl (C=O) groups is 1. The zero-order valence-corrected chi connectivity index (χ0v) is 28.6. The molecule has 3 aromatic carbocycles. The molecular weight excluding hydrogens is 668 g/mol. The van der Waals surface area contributed by atoms with Crippen molar-refractivity contribution in [1.29, 1.82) is 5.26 Å². The third kappa shape index (κ3) is 6.50. The minimum Gasteiger partial charge on any atom is -0.497 e. The van der Waals surface area contributed by atoms with Crippen LogP contribution in [0.3, 0.4) is 0 Å². The van der Waals surface area contributed by atoms with Crippen molar-refractivity contribution in [3.8, 4) is 23.3 Å². The monoisotopic (exact) mass is 700 g/mol. The second-order valence-electron chi connectivity index (χ2n) is 10.5. The van der Waals surface area contributed by atoms with Crippen LogP contribution in [0.5, 0.6) is 17.2 Å². The number of allylic oxidation sites excluding steroid dienone is 1. The number of likely N-dealkylation sites (N-methyl/N-ethyl adjacent to an activating group) is 1. The van der Waals surface area contributed by atoms with Crippen molar-refractivity contribution in [3.05, 3.63) is 118 Å². The van der Waals surface area contributed by atoms with Gasteiger partial charge in [-0.25, -0.2) is 4.99 Å². The lowest BCUT2D eigenvalue weighted by molar-refractivity contribution is -0.127. The molecule has 1 aliphatic rings. The number of aromatic nitrogens is 1. The molecule has 2 heterocycles. The first-order chi connectivity index (χ1) is 22.2. The van der Waals surface area contributed by atoms with Crippen molar-refractivity contribution in [1.82, 2.24) is 9.47 Å². The predicted octanol–water partition coefficient (Wildman–Crippen LogP) is 5.33. The first-order valence-corrected chi connectivity index (χ1v) is 16.3. The Kier molecular flexibility index (Phi) is 10.1. The molecule has 0 fully saturated rings. The Morgan fingerprint density at radius 3 is 2.41 bits per heavy atom. The highest BCUT2D eigenvalue weighted by Gasteiger charge is 2.36. The number of thiazole rings is 1. The van der Waals surface area contributed by atoms with Gasteiger partial charge in [-0.1, -0.05) is 29.5 Å². The number of fused-ring (bicyclic) bond motifs is 1.